The Bertz CT molecular complexity index is 410. The van der Waals surface area contributed by atoms with Crippen LogP contribution in [0.2, 0.25) is 0 Å². The maximum Gasteiger partial charge on any atom is 0.410 e. The molecule has 2 rings (SSSR count). The van der Waals surface area contributed by atoms with Crippen LogP contribution >= 0.6 is 0 Å². The van der Waals surface area contributed by atoms with Gasteiger partial charge in [-0.2, -0.15) is 0 Å². The average molecular weight is 271 g/mol. The van der Waals surface area contributed by atoms with E-state index in [1.165, 1.54) is 4.90 Å². The summed E-state index contributed by atoms with van der Waals surface area (Å²) in [5.41, 5.74) is -2.03. The first-order valence-electron chi connectivity index (χ1n) is 6.39. The summed E-state index contributed by atoms with van der Waals surface area (Å²) in [6.45, 7) is 8.37. The van der Waals surface area contributed by atoms with Crippen molar-refractivity contribution in [3.8, 4) is 0 Å². The highest BCUT2D eigenvalue weighted by atomic mass is 16.6. The summed E-state index contributed by atoms with van der Waals surface area (Å²) in [4.78, 5) is 25.1. The van der Waals surface area contributed by atoms with Crippen LogP contribution in [-0.2, 0) is 14.3 Å². The normalized spacial score (nSPS) is 29.2. The quantitative estimate of drug-likeness (QED) is 0.779. The van der Waals surface area contributed by atoms with Crippen molar-refractivity contribution >= 4 is 12.1 Å². The highest BCUT2D eigenvalue weighted by molar-refractivity contribution is 5.79. The predicted octanol–water partition coefficient (Wildman–Crippen LogP) is 1.34. The van der Waals surface area contributed by atoms with Gasteiger partial charge in [-0.25, -0.2) is 4.79 Å². The largest absolute Gasteiger partial charge is 0.481 e. The number of ether oxygens (including phenoxy) is 2. The number of nitrogens with zero attached hydrogens (tertiary/aromatic N) is 1. The lowest BCUT2D eigenvalue weighted by molar-refractivity contribution is -0.184. The molecule has 0 radical (unpaired) electrons. The number of hydrogen-bond donors (Lipinski definition) is 1. The Kier molecular flexibility index (Phi) is 3.04. The Morgan fingerprint density at radius 3 is 2.16 bits per heavy atom. The van der Waals surface area contributed by atoms with Crippen molar-refractivity contribution < 1.29 is 24.2 Å². The topological polar surface area (TPSA) is 76.1 Å². The van der Waals surface area contributed by atoms with E-state index in [4.69, 9.17) is 9.47 Å². The highest BCUT2D eigenvalue weighted by Gasteiger charge is 2.64. The molecule has 1 N–H and O–H groups in total. The van der Waals surface area contributed by atoms with Crippen LogP contribution in [0.1, 0.15) is 27.7 Å². The molecular formula is C13H21NO5. The first-order chi connectivity index (χ1) is 8.60. The molecule has 0 aromatic rings. The third kappa shape index (κ3) is 2.18. The predicted molar refractivity (Wildman–Crippen MR) is 66.8 cm³/mol. The summed E-state index contributed by atoms with van der Waals surface area (Å²) >= 11 is 0. The Morgan fingerprint density at radius 2 is 1.84 bits per heavy atom. The zero-order chi connectivity index (χ0) is 14.5. The van der Waals surface area contributed by atoms with E-state index in [-0.39, 0.29) is 6.54 Å². The van der Waals surface area contributed by atoms with Gasteiger partial charge in [0.15, 0.2) is 0 Å². The molecule has 2 aliphatic heterocycles. The third-order valence-electron chi connectivity index (χ3n) is 4.05. The fourth-order valence-electron chi connectivity index (χ4n) is 2.65. The van der Waals surface area contributed by atoms with E-state index in [0.717, 1.165) is 0 Å². The van der Waals surface area contributed by atoms with Crippen LogP contribution in [0.5, 0.6) is 0 Å². The average Bonchev–Trinajstić information content (AvgIpc) is 2.50. The summed E-state index contributed by atoms with van der Waals surface area (Å²) in [6.07, 6.45) is -0.455. The molecule has 108 valence electrons. The molecule has 1 atom stereocenters. The van der Waals surface area contributed by atoms with E-state index in [1.54, 1.807) is 27.7 Å². The van der Waals surface area contributed by atoms with E-state index in [0.29, 0.717) is 19.8 Å². The second-order valence-corrected chi connectivity index (χ2v) is 6.75. The maximum absolute atomic E-state index is 12.1. The number of rotatable bonds is 1. The smallest absolute Gasteiger partial charge is 0.410 e. The molecule has 0 bridgehead atoms. The molecule has 1 amide bonds. The molecule has 2 heterocycles. The first kappa shape index (κ1) is 14.1. The summed E-state index contributed by atoms with van der Waals surface area (Å²) in [5.74, 6) is -0.887. The van der Waals surface area contributed by atoms with E-state index in [1.807, 2.05) is 0 Å². The molecule has 19 heavy (non-hydrogen) atoms. The third-order valence-corrected chi connectivity index (χ3v) is 4.05. The number of hydrogen-bond acceptors (Lipinski definition) is 4. The van der Waals surface area contributed by atoms with Gasteiger partial charge >= 0.3 is 12.1 Å². The van der Waals surface area contributed by atoms with Gasteiger partial charge in [0.2, 0.25) is 0 Å². The fourth-order valence-corrected chi connectivity index (χ4v) is 2.65. The summed E-state index contributed by atoms with van der Waals surface area (Å²) in [6, 6.07) is 0. The molecule has 0 saturated carbocycles. The molecule has 0 aromatic carbocycles. The molecular weight excluding hydrogens is 250 g/mol. The minimum Gasteiger partial charge on any atom is -0.481 e. The van der Waals surface area contributed by atoms with Gasteiger partial charge in [0, 0.05) is 13.1 Å². The Balaban J connectivity index is 2.16. The molecule has 2 fully saturated rings. The van der Waals surface area contributed by atoms with E-state index < -0.39 is 28.5 Å². The van der Waals surface area contributed by atoms with E-state index in [2.05, 4.69) is 0 Å². The van der Waals surface area contributed by atoms with Gasteiger partial charge in [-0.1, -0.05) is 0 Å². The highest BCUT2D eigenvalue weighted by Crippen LogP contribution is 2.51. The van der Waals surface area contributed by atoms with Crippen molar-refractivity contribution in [1.82, 2.24) is 4.90 Å². The molecule has 6 heteroatoms. The molecule has 2 aliphatic rings. The van der Waals surface area contributed by atoms with Crippen molar-refractivity contribution in [2.24, 2.45) is 10.8 Å². The number of amides is 1. The van der Waals surface area contributed by atoms with Crippen LogP contribution in [0.25, 0.3) is 0 Å². The monoisotopic (exact) mass is 271 g/mol. The van der Waals surface area contributed by atoms with Crippen molar-refractivity contribution in [3.63, 3.8) is 0 Å². The first-order valence-corrected chi connectivity index (χ1v) is 6.39. The van der Waals surface area contributed by atoms with Gasteiger partial charge in [-0.15, -0.1) is 0 Å². The summed E-state index contributed by atoms with van der Waals surface area (Å²) < 4.78 is 10.5. The Morgan fingerprint density at radius 1 is 1.26 bits per heavy atom. The number of carboxylic acid groups (broad SMARTS) is 1. The minimum absolute atomic E-state index is 0.167. The van der Waals surface area contributed by atoms with Crippen LogP contribution in [0.3, 0.4) is 0 Å². The lowest BCUT2D eigenvalue weighted by Gasteiger charge is -2.45. The summed E-state index contributed by atoms with van der Waals surface area (Å²) in [5, 5.41) is 9.47. The van der Waals surface area contributed by atoms with Gasteiger partial charge in [0.05, 0.1) is 24.0 Å². The zero-order valence-electron chi connectivity index (χ0n) is 11.9. The van der Waals surface area contributed by atoms with Crippen LogP contribution in [0.15, 0.2) is 0 Å². The van der Waals surface area contributed by atoms with Crippen LogP contribution in [0.4, 0.5) is 4.79 Å². The molecule has 1 unspecified atom stereocenters. The van der Waals surface area contributed by atoms with Crippen molar-refractivity contribution in [3.05, 3.63) is 0 Å². The number of carbonyl (C=O) groups excluding carboxylic acids is 1. The van der Waals surface area contributed by atoms with Gasteiger partial charge in [-0.05, 0) is 27.7 Å². The van der Waals surface area contributed by atoms with Crippen LogP contribution < -0.4 is 0 Å². The van der Waals surface area contributed by atoms with Crippen LogP contribution in [-0.4, -0.2) is 54.0 Å². The van der Waals surface area contributed by atoms with Crippen molar-refractivity contribution in [1.29, 1.82) is 0 Å². The maximum atomic E-state index is 12.1. The Hall–Kier alpha value is -1.30. The molecule has 2 saturated heterocycles. The Labute approximate surface area is 112 Å². The molecule has 6 nitrogen and oxygen atoms in total. The molecule has 0 aromatic heterocycles. The second-order valence-electron chi connectivity index (χ2n) is 6.75. The number of aliphatic carboxylic acids is 1. The lowest BCUT2D eigenvalue weighted by Crippen LogP contribution is -2.57. The summed E-state index contributed by atoms with van der Waals surface area (Å²) in [7, 11) is 0. The SMILES string of the molecule is CC(C)(C)OC(=O)N1CC2(COC2)C(C)(C(=O)O)C1. The standard InChI is InChI=1S/C13H21NO5/c1-11(2,3)19-10(17)14-5-12(4,9(15)16)13(6-14)7-18-8-13/h5-8H2,1-4H3,(H,15,16). The number of carboxylic acids is 1. The minimum atomic E-state index is -0.970. The van der Waals surface area contributed by atoms with Gasteiger partial charge in [0.1, 0.15) is 5.60 Å². The van der Waals surface area contributed by atoms with E-state index in [9.17, 15) is 14.7 Å². The second kappa shape index (κ2) is 4.10. The van der Waals surface area contributed by atoms with Crippen molar-refractivity contribution in [2.75, 3.05) is 26.3 Å². The van der Waals surface area contributed by atoms with Crippen LogP contribution in [0, 0.1) is 10.8 Å². The number of carbonyl (C=O) groups is 2. The number of likely N-dealkylation sites (tertiary alicyclic amines) is 1. The molecule has 1 spiro atoms. The van der Waals surface area contributed by atoms with E-state index >= 15 is 0 Å². The van der Waals surface area contributed by atoms with Gasteiger partial charge < -0.3 is 19.5 Å². The van der Waals surface area contributed by atoms with Gasteiger partial charge in [0.25, 0.3) is 0 Å². The zero-order valence-corrected chi connectivity index (χ0v) is 11.9. The van der Waals surface area contributed by atoms with Gasteiger partial charge in [-0.3, -0.25) is 4.79 Å². The van der Waals surface area contributed by atoms with Crippen molar-refractivity contribution in [2.45, 2.75) is 33.3 Å². The fraction of sp³-hybridized carbons (Fsp3) is 0.846. The lowest BCUT2D eigenvalue weighted by atomic mass is 9.65. The molecule has 0 aliphatic carbocycles.